The van der Waals surface area contributed by atoms with Gasteiger partial charge in [-0.25, -0.2) is 9.07 Å². The Kier molecular flexibility index (Phi) is 9.87. The quantitative estimate of drug-likeness (QED) is 0.120. The van der Waals surface area contributed by atoms with E-state index in [1.54, 1.807) is 23.1 Å². The second-order valence-corrected chi connectivity index (χ2v) is 12.0. The van der Waals surface area contributed by atoms with Gasteiger partial charge < -0.3 is 4.74 Å². The number of benzene rings is 3. The van der Waals surface area contributed by atoms with Crippen LogP contribution in [0, 0.1) is 11.7 Å². The Balaban J connectivity index is 1.41. The fraction of sp³-hybridized carbons (Fsp3) is 0.265. The monoisotopic (exact) mass is 599 g/mol. The number of thiocarbonyl (C=S) groups is 1. The molecule has 42 heavy (non-hydrogen) atoms. The Morgan fingerprint density at radius 1 is 1.02 bits per heavy atom. The van der Waals surface area contributed by atoms with Crippen molar-refractivity contribution in [3.8, 4) is 22.7 Å². The molecular weight excluding hydrogens is 566 g/mol. The van der Waals surface area contributed by atoms with Gasteiger partial charge in [-0.1, -0.05) is 93.5 Å². The van der Waals surface area contributed by atoms with E-state index in [4.69, 9.17) is 22.1 Å². The number of rotatable bonds is 12. The molecule has 5 nitrogen and oxygen atoms in total. The third-order valence-corrected chi connectivity index (χ3v) is 8.77. The van der Waals surface area contributed by atoms with Crippen molar-refractivity contribution in [3.63, 3.8) is 0 Å². The number of para-hydroxylation sites is 1. The van der Waals surface area contributed by atoms with Gasteiger partial charge in [0.05, 0.1) is 16.3 Å². The van der Waals surface area contributed by atoms with Gasteiger partial charge in [0, 0.05) is 29.4 Å². The molecule has 1 fully saturated rings. The molecular formula is C34H34FN3O2S2. The summed E-state index contributed by atoms with van der Waals surface area (Å²) in [6.45, 7) is 5.16. The maximum Gasteiger partial charge on any atom is 0.266 e. The van der Waals surface area contributed by atoms with Gasteiger partial charge >= 0.3 is 0 Å². The van der Waals surface area contributed by atoms with Gasteiger partial charge in [-0.15, -0.1) is 0 Å². The molecule has 1 aromatic heterocycles. The second-order valence-electron chi connectivity index (χ2n) is 10.3. The second kappa shape index (κ2) is 13.9. The predicted molar refractivity (Wildman–Crippen MR) is 173 cm³/mol. The summed E-state index contributed by atoms with van der Waals surface area (Å²) < 4.78 is 22.3. The van der Waals surface area contributed by atoms with Crippen LogP contribution in [0.15, 0.2) is 90.0 Å². The molecule has 0 spiro atoms. The standard InChI is InChI=1S/C34H34FN3O2S2/c1-3-5-11-24(4-2)21-37-33(39)31(42-34(37)41)20-27-22-38(28-13-7-6-8-14-28)36-32(27)25-16-18-29(19-17-25)40-23-26-12-9-10-15-30(26)35/h6-10,12-20,22,24H,3-5,11,21,23H2,1-2H3/b31-20+. The molecule has 216 valence electrons. The zero-order valence-corrected chi connectivity index (χ0v) is 25.5. The molecule has 1 aliphatic heterocycles. The minimum absolute atomic E-state index is 0.0461. The summed E-state index contributed by atoms with van der Waals surface area (Å²) >= 11 is 7.00. The normalized spacial score (nSPS) is 15.0. The average Bonchev–Trinajstić information content (AvgIpc) is 3.55. The van der Waals surface area contributed by atoms with Crippen molar-refractivity contribution in [1.82, 2.24) is 14.7 Å². The van der Waals surface area contributed by atoms with Crippen LogP contribution in [0.3, 0.4) is 0 Å². The lowest BCUT2D eigenvalue weighted by atomic mass is 9.99. The van der Waals surface area contributed by atoms with E-state index in [1.807, 2.05) is 71.6 Å². The van der Waals surface area contributed by atoms with E-state index in [2.05, 4.69) is 13.8 Å². The van der Waals surface area contributed by atoms with Gasteiger partial charge in [0.15, 0.2) is 0 Å². The summed E-state index contributed by atoms with van der Waals surface area (Å²) in [5.74, 6) is 0.722. The van der Waals surface area contributed by atoms with Crippen molar-refractivity contribution in [2.24, 2.45) is 5.92 Å². The number of aromatic nitrogens is 2. The van der Waals surface area contributed by atoms with Crippen LogP contribution in [-0.4, -0.2) is 31.5 Å². The molecule has 8 heteroatoms. The number of hydrogen-bond acceptors (Lipinski definition) is 5. The van der Waals surface area contributed by atoms with Crippen LogP contribution >= 0.6 is 24.0 Å². The van der Waals surface area contributed by atoms with Gasteiger partial charge in [0.2, 0.25) is 0 Å². The van der Waals surface area contributed by atoms with Crippen LogP contribution in [0.25, 0.3) is 23.0 Å². The average molecular weight is 600 g/mol. The minimum atomic E-state index is -0.290. The molecule has 0 bridgehead atoms. The lowest BCUT2D eigenvalue weighted by Crippen LogP contribution is -2.33. The molecule has 1 amide bonds. The maximum atomic E-state index is 14.0. The van der Waals surface area contributed by atoms with E-state index in [0.717, 1.165) is 48.2 Å². The largest absolute Gasteiger partial charge is 0.489 e. The number of ether oxygens (including phenoxy) is 1. The van der Waals surface area contributed by atoms with Crippen LogP contribution < -0.4 is 4.74 Å². The summed E-state index contributed by atoms with van der Waals surface area (Å²) in [6.07, 6.45) is 8.24. The first-order valence-corrected chi connectivity index (χ1v) is 15.6. The summed E-state index contributed by atoms with van der Waals surface area (Å²) in [4.78, 5) is 15.9. The summed E-state index contributed by atoms with van der Waals surface area (Å²) in [5.41, 5.74) is 3.84. The number of hydrogen-bond donors (Lipinski definition) is 0. The molecule has 1 atom stereocenters. The zero-order valence-electron chi connectivity index (χ0n) is 23.8. The number of thioether (sulfide) groups is 1. The van der Waals surface area contributed by atoms with E-state index in [0.29, 0.717) is 33.0 Å². The number of halogens is 1. The molecule has 1 aliphatic rings. The minimum Gasteiger partial charge on any atom is -0.489 e. The molecule has 0 aliphatic carbocycles. The van der Waals surface area contributed by atoms with Crippen LogP contribution in [0.1, 0.15) is 50.7 Å². The van der Waals surface area contributed by atoms with E-state index in [9.17, 15) is 9.18 Å². The zero-order chi connectivity index (χ0) is 29.5. The molecule has 1 unspecified atom stereocenters. The number of nitrogens with zero attached hydrogens (tertiary/aromatic N) is 3. The molecule has 0 N–H and O–H groups in total. The molecule has 5 rings (SSSR count). The van der Waals surface area contributed by atoms with Gasteiger partial charge in [-0.05, 0) is 60.9 Å². The molecule has 0 saturated carbocycles. The van der Waals surface area contributed by atoms with Crippen molar-refractivity contribution in [3.05, 3.63) is 107 Å². The lowest BCUT2D eigenvalue weighted by Gasteiger charge is -2.21. The Bertz CT molecular complexity index is 1570. The first-order valence-electron chi connectivity index (χ1n) is 14.3. The smallest absolute Gasteiger partial charge is 0.266 e. The van der Waals surface area contributed by atoms with Crippen molar-refractivity contribution >= 4 is 40.3 Å². The third-order valence-electron chi connectivity index (χ3n) is 7.39. The highest BCUT2D eigenvalue weighted by Crippen LogP contribution is 2.36. The molecule has 4 aromatic rings. The van der Waals surface area contributed by atoms with Gasteiger partial charge in [0.1, 0.15) is 22.5 Å². The first-order chi connectivity index (χ1) is 20.5. The fourth-order valence-electron chi connectivity index (χ4n) is 4.89. The van der Waals surface area contributed by atoms with Crippen LogP contribution in [0.4, 0.5) is 4.39 Å². The number of carbonyl (C=O) groups excluding carboxylic acids is 1. The lowest BCUT2D eigenvalue weighted by molar-refractivity contribution is -0.122. The summed E-state index contributed by atoms with van der Waals surface area (Å²) in [7, 11) is 0. The van der Waals surface area contributed by atoms with Crippen LogP contribution in [-0.2, 0) is 11.4 Å². The van der Waals surface area contributed by atoms with Gasteiger partial charge in [-0.3, -0.25) is 9.69 Å². The van der Waals surface area contributed by atoms with Crippen molar-refractivity contribution < 1.29 is 13.9 Å². The topological polar surface area (TPSA) is 47.4 Å². The summed E-state index contributed by atoms with van der Waals surface area (Å²) in [6, 6.07) is 24.0. The Hall–Kier alpha value is -3.75. The molecule has 1 saturated heterocycles. The number of carbonyl (C=O) groups is 1. The van der Waals surface area contributed by atoms with Crippen molar-refractivity contribution in [1.29, 1.82) is 0 Å². The Morgan fingerprint density at radius 2 is 1.76 bits per heavy atom. The van der Waals surface area contributed by atoms with Crippen molar-refractivity contribution in [2.45, 2.75) is 46.1 Å². The molecule has 2 heterocycles. The number of unbranched alkanes of at least 4 members (excludes halogenated alkanes) is 1. The van der Waals surface area contributed by atoms with Gasteiger partial charge in [0.25, 0.3) is 5.91 Å². The Morgan fingerprint density at radius 3 is 2.48 bits per heavy atom. The SMILES string of the molecule is CCCCC(CC)CN1C(=O)/C(=C\c2cn(-c3ccccc3)nc2-c2ccc(OCc3ccccc3F)cc2)SC1=S. The number of amides is 1. The van der Waals surface area contributed by atoms with E-state index in [1.165, 1.54) is 17.8 Å². The fourth-order valence-corrected chi connectivity index (χ4v) is 6.16. The van der Waals surface area contributed by atoms with E-state index in [-0.39, 0.29) is 18.3 Å². The van der Waals surface area contributed by atoms with Gasteiger partial charge in [-0.2, -0.15) is 5.10 Å². The Labute approximate surface area is 256 Å². The molecule has 0 radical (unpaired) electrons. The van der Waals surface area contributed by atoms with Crippen LogP contribution in [0.2, 0.25) is 0 Å². The predicted octanol–water partition coefficient (Wildman–Crippen LogP) is 8.68. The maximum absolute atomic E-state index is 14.0. The van der Waals surface area contributed by atoms with Crippen molar-refractivity contribution in [2.75, 3.05) is 6.54 Å². The van der Waals surface area contributed by atoms with E-state index >= 15 is 0 Å². The first kappa shape index (κ1) is 29.7. The highest BCUT2D eigenvalue weighted by molar-refractivity contribution is 8.26. The summed E-state index contributed by atoms with van der Waals surface area (Å²) in [5, 5.41) is 4.90. The highest BCUT2D eigenvalue weighted by atomic mass is 32.2. The van der Waals surface area contributed by atoms with Crippen LogP contribution in [0.5, 0.6) is 5.75 Å². The molecule has 3 aromatic carbocycles. The third kappa shape index (κ3) is 6.99. The van der Waals surface area contributed by atoms with E-state index < -0.39 is 0 Å². The highest BCUT2D eigenvalue weighted by Gasteiger charge is 2.33.